The van der Waals surface area contributed by atoms with Crippen molar-refractivity contribution in [2.24, 2.45) is 0 Å². The van der Waals surface area contributed by atoms with Crippen molar-refractivity contribution in [1.82, 2.24) is 10.3 Å². The number of benzene rings is 1. The molecule has 0 aliphatic heterocycles. The van der Waals surface area contributed by atoms with Crippen LogP contribution >= 0.6 is 15.9 Å². The first kappa shape index (κ1) is 14.0. The first-order valence-corrected chi connectivity index (χ1v) is 7.10. The lowest BCUT2D eigenvalue weighted by Crippen LogP contribution is -2.13. The van der Waals surface area contributed by atoms with Crippen LogP contribution < -0.4 is 10.1 Å². The van der Waals surface area contributed by atoms with Crippen molar-refractivity contribution >= 4 is 15.9 Å². The van der Waals surface area contributed by atoms with Gasteiger partial charge < -0.3 is 10.1 Å². The van der Waals surface area contributed by atoms with Crippen LogP contribution in [-0.4, -0.2) is 11.5 Å². The van der Waals surface area contributed by atoms with E-state index >= 15 is 0 Å². The Morgan fingerprint density at radius 1 is 1.21 bits per heavy atom. The van der Waals surface area contributed by atoms with E-state index in [1.54, 1.807) is 6.20 Å². The molecule has 0 saturated carbocycles. The summed E-state index contributed by atoms with van der Waals surface area (Å²) in [6, 6.07) is 9.98. The second kappa shape index (κ2) is 7.26. The third-order valence-electron chi connectivity index (χ3n) is 2.77. The molecule has 1 heterocycles. The molecule has 1 N–H and O–H groups in total. The van der Waals surface area contributed by atoms with E-state index in [1.807, 2.05) is 30.5 Å². The van der Waals surface area contributed by atoms with Gasteiger partial charge in [0.15, 0.2) is 0 Å². The van der Waals surface area contributed by atoms with Gasteiger partial charge in [-0.15, -0.1) is 0 Å². The number of halogens is 1. The Kier molecular flexibility index (Phi) is 5.36. The molecule has 2 aromatic rings. The number of hydrogen-bond donors (Lipinski definition) is 1. The summed E-state index contributed by atoms with van der Waals surface area (Å²) in [6.07, 6.45) is 3.60. The van der Waals surface area contributed by atoms with Gasteiger partial charge >= 0.3 is 0 Å². The van der Waals surface area contributed by atoms with E-state index in [0.717, 1.165) is 34.4 Å². The third-order valence-corrected chi connectivity index (χ3v) is 3.54. The summed E-state index contributed by atoms with van der Waals surface area (Å²) >= 11 is 3.53. The molecule has 0 spiro atoms. The minimum Gasteiger partial charge on any atom is -0.488 e. The van der Waals surface area contributed by atoms with Crippen LogP contribution in [0.1, 0.15) is 18.1 Å². The minimum absolute atomic E-state index is 0.546. The number of pyridine rings is 1. The van der Waals surface area contributed by atoms with Crippen molar-refractivity contribution in [1.29, 1.82) is 0 Å². The number of nitrogens with zero attached hydrogens (tertiary/aromatic N) is 1. The molecule has 1 aromatic heterocycles. The number of rotatable bonds is 6. The van der Waals surface area contributed by atoms with E-state index in [2.05, 4.69) is 39.2 Å². The molecule has 0 atom stereocenters. The number of ether oxygens (including phenoxy) is 1. The highest BCUT2D eigenvalue weighted by Gasteiger charge is 2.05. The fourth-order valence-corrected chi connectivity index (χ4v) is 2.12. The summed E-state index contributed by atoms with van der Waals surface area (Å²) in [6.45, 7) is 4.33. The molecule has 0 bridgehead atoms. The highest BCUT2D eigenvalue weighted by atomic mass is 79.9. The largest absolute Gasteiger partial charge is 0.488 e. The molecule has 0 aliphatic carbocycles. The van der Waals surface area contributed by atoms with Gasteiger partial charge in [0.1, 0.15) is 12.4 Å². The van der Waals surface area contributed by atoms with E-state index < -0.39 is 0 Å². The van der Waals surface area contributed by atoms with E-state index in [-0.39, 0.29) is 0 Å². The Balaban J connectivity index is 2.05. The van der Waals surface area contributed by atoms with Gasteiger partial charge in [0.2, 0.25) is 0 Å². The molecule has 0 saturated heterocycles. The molecule has 0 aliphatic rings. The van der Waals surface area contributed by atoms with Gasteiger partial charge in [-0.25, -0.2) is 0 Å². The zero-order valence-electron chi connectivity index (χ0n) is 10.9. The van der Waals surface area contributed by atoms with Crippen molar-refractivity contribution in [2.45, 2.75) is 20.1 Å². The summed E-state index contributed by atoms with van der Waals surface area (Å²) in [4.78, 5) is 4.14. The van der Waals surface area contributed by atoms with E-state index in [1.165, 1.54) is 0 Å². The SMILES string of the molecule is CCNCc1cnccc1OCc1ccccc1Br. The Bertz CT molecular complexity index is 531. The van der Waals surface area contributed by atoms with Crippen LogP contribution in [0, 0.1) is 0 Å². The third kappa shape index (κ3) is 4.04. The zero-order valence-corrected chi connectivity index (χ0v) is 12.5. The van der Waals surface area contributed by atoms with Crippen molar-refractivity contribution < 1.29 is 4.74 Å². The Morgan fingerprint density at radius 3 is 2.84 bits per heavy atom. The lowest BCUT2D eigenvalue weighted by Gasteiger charge is -2.12. The minimum atomic E-state index is 0.546. The molecule has 4 heteroatoms. The van der Waals surface area contributed by atoms with E-state index in [4.69, 9.17) is 4.74 Å². The monoisotopic (exact) mass is 320 g/mol. The van der Waals surface area contributed by atoms with E-state index in [0.29, 0.717) is 6.61 Å². The van der Waals surface area contributed by atoms with Crippen LogP contribution in [0.3, 0.4) is 0 Å². The molecule has 0 amide bonds. The van der Waals surface area contributed by atoms with Crippen molar-refractivity contribution in [3.05, 3.63) is 58.3 Å². The van der Waals surface area contributed by atoms with Gasteiger partial charge in [0, 0.05) is 34.5 Å². The zero-order chi connectivity index (χ0) is 13.5. The molecule has 19 heavy (non-hydrogen) atoms. The standard InChI is InChI=1S/C15H17BrN2O/c1-2-17-9-13-10-18-8-7-15(13)19-11-12-5-3-4-6-14(12)16/h3-8,10,17H,2,9,11H2,1H3. The van der Waals surface area contributed by atoms with Gasteiger partial charge in [-0.05, 0) is 18.7 Å². The lowest BCUT2D eigenvalue weighted by atomic mass is 10.2. The first-order valence-electron chi connectivity index (χ1n) is 6.31. The van der Waals surface area contributed by atoms with Crippen LogP contribution in [-0.2, 0) is 13.2 Å². The molecule has 100 valence electrons. The molecule has 1 aromatic carbocycles. The highest BCUT2D eigenvalue weighted by molar-refractivity contribution is 9.10. The maximum absolute atomic E-state index is 5.89. The number of nitrogens with one attached hydrogen (secondary N) is 1. The van der Waals surface area contributed by atoms with E-state index in [9.17, 15) is 0 Å². The summed E-state index contributed by atoms with van der Waals surface area (Å²) in [5.74, 6) is 0.881. The van der Waals surface area contributed by atoms with Gasteiger partial charge in [-0.2, -0.15) is 0 Å². The fraction of sp³-hybridized carbons (Fsp3) is 0.267. The van der Waals surface area contributed by atoms with Crippen molar-refractivity contribution in [3.63, 3.8) is 0 Å². The number of hydrogen-bond acceptors (Lipinski definition) is 3. The van der Waals surface area contributed by atoms with Crippen LogP contribution in [0.2, 0.25) is 0 Å². The molecule has 0 unspecified atom stereocenters. The Labute approximate surface area is 122 Å². The van der Waals surface area contributed by atoms with Crippen molar-refractivity contribution in [2.75, 3.05) is 6.54 Å². The number of aromatic nitrogens is 1. The van der Waals surface area contributed by atoms with Gasteiger partial charge in [0.25, 0.3) is 0 Å². The summed E-state index contributed by atoms with van der Waals surface area (Å²) in [5, 5.41) is 3.29. The van der Waals surface area contributed by atoms with Crippen LogP contribution in [0.5, 0.6) is 5.75 Å². The summed E-state index contributed by atoms with van der Waals surface area (Å²) < 4.78 is 6.96. The summed E-state index contributed by atoms with van der Waals surface area (Å²) in [5.41, 5.74) is 2.21. The second-order valence-electron chi connectivity index (χ2n) is 4.14. The molecule has 0 radical (unpaired) electrons. The Hall–Kier alpha value is -1.39. The predicted molar refractivity (Wildman–Crippen MR) is 80.1 cm³/mol. The van der Waals surface area contributed by atoms with Crippen molar-refractivity contribution in [3.8, 4) is 5.75 Å². The van der Waals surface area contributed by atoms with Crippen LogP contribution in [0.25, 0.3) is 0 Å². The second-order valence-corrected chi connectivity index (χ2v) is 5.00. The average molecular weight is 321 g/mol. The maximum atomic E-state index is 5.89. The maximum Gasteiger partial charge on any atom is 0.127 e. The molecule has 0 fully saturated rings. The molecule has 3 nitrogen and oxygen atoms in total. The normalized spacial score (nSPS) is 10.4. The topological polar surface area (TPSA) is 34.2 Å². The lowest BCUT2D eigenvalue weighted by molar-refractivity contribution is 0.301. The first-order chi connectivity index (χ1) is 9.31. The van der Waals surface area contributed by atoms with Gasteiger partial charge in [-0.3, -0.25) is 4.98 Å². The van der Waals surface area contributed by atoms with Gasteiger partial charge in [-0.1, -0.05) is 41.1 Å². The summed E-state index contributed by atoms with van der Waals surface area (Å²) in [7, 11) is 0. The molecular formula is C15H17BrN2O. The molecule has 2 rings (SSSR count). The van der Waals surface area contributed by atoms with Crippen LogP contribution in [0.4, 0.5) is 0 Å². The molecular weight excluding hydrogens is 304 g/mol. The highest BCUT2D eigenvalue weighted by Crippen LogP contribution is 2.21. The quantitative estimate of drug-likeness (QED) is 0.884. The predicted octanol–water partition coefficient (Wildman–Crippen LogP) is 3.53. The Morgan fingerprint density at radius 2 is 2.05 bits per heavy atom. The van der Waals surface area contributed by atoms with Gasteiger partial charge in [0.05, 0.1) is 0 Å². The fourth-order valence-electron chi connectivity index (χ4n) is 1.72. The van der Waals surface area contributed by atoms with Crippen LogP contribution in [0.15, 0.2) is 47.2 Å². The average Bonchev–Trinajstić information content (AvgIpc) is 2.45. The smallest absolute Gasteiger partial charge is 0.127 e.